The lowest BCUT2D eigenvalue weighted by Crippen LogP contribution is -2.11. The molecule has 0 amide bonds. The van der Waals surface area contributed by atoms with E-state index in [0.29, 0.717) is 5.82 Å². The number of sulfonamides is 1. The molecule has 148 valence electrons. The third-order valence-corrected chi connectivity index (χ3v) is 6.09. The molecule has 0 fully saturated rings. The minimum absolute atomic E-state index is 0.0679. The number of nitrogens with zero attached hydrogens (tertiary/aromatic N) is 3. The molecule has 5 rings (SSSR count). The molecule has 30 heavy (non-hydrogen) atoms. The van der Waals surface area contributed by atoms with E-state index in [9.17, 15) is 8.42 Å². The van der Waals surface area contributed by atoms with Gasteiger partial charge in [0.05, 0.1) is 22.1 Å². The molecule has 7 heteroatoms. The van der Waals surface area contributed by atoms with Crippen molar-refractivity contribution >= 4 is 26.6 Å². The molecule has 1 aliphatic rings. The van der Waals surface area contributed by atoms with Crippen molar-refractivity contribution in [1.29, 1.82) is 0 Å². The molecule has 0 radical (unpaired) electrons. The molecule has 6 nitrogen and oxygen atoms in total. The molecule has 0 spiro atoms. The molecular weight excluding hydrogens is 396 g/mol. The first-order valence-corrected chi connectivity index (χ1v) is 11.0. The van der Waals surface area contributed by atoms with E-state index in [0.717, 1.165) is 28.7 Å². The number of nitrogens with two attached hydrogens (primary N) is 1. The molecule has 2 heterocycles. The Labute approximate surface area is 174 Å². The maximum atomic E-state index is 11.6. The smallest absolute Gasteiger partial charge is 0.238 e. The summed E-state index contributed by atoms with van der Waals surface area (Å²) in [7, 11) is -3.75. The third-order valence-electron chi connectivity index (χ3n) is 5.17. The normalized spacial score (nSPS) is 13.7. The Kier molecular flexibility index (Phi) is 4.34. The minimum atomic E-state index is -3.75. The van der Waals surface area contributed by atoms with Gasteiger partial charge in [-0.3, -0.25) is 9.55 Å². The van der Waals surface area contributed by atoms with Crippen molar-refractivity contribution in [3.8, 4) is 17.1 Å². The predicted molar refractivity (Wildman–Crippen MR) is 117 cm³/mol. The zero-order chi connectivity index (χ0) is 20.7. The van der Waals surface area contributed by atoms with Crippen molar-refractivity contribution in [3.63, 3.8) is 0 Å². The van der Waals surface area contributed by atoms with E-state index in [4.69, 9.17) is 10.1 Å². The lowest BCUT2D eigenvalue weighted by Gasteiger charge is -2.11. The third kappa shape index (κ3) is 3.24. The first-order valence-electron chi connectivity index (χ1n) is 9.43. The summed E-state index contributed by atoms with van der Waals surface area (Å²) in [5, 5.41) is 5.23. The maximum Gasteiger partial charge on any atom is 0.238 e. The van der Waals surface area contributed by atoms with Crippen molar-refractivity contribution in [3.05, 3.63) is 90.8 Å². The predicted octanol–water partition coefficient (Wildman–Crippen LogP) is 4.08. The molecular formula is C23H18N4O2S. The number of rotatable bonds is 4. The summed E-state index contributed by atoms with van der Waals surface area (Å²) < 4.78 is 25.2. The Morgan fingerprint density at radius 2 is 1.67 bits per heavy atom. The van der Waals surface area contributed by atoms with E-state index in [2.05, 4.69) is 47.5 Å². The molecule has 2 aromatic carbocycles. The number of hydrogen-bond acceptors (Lipinski definition) is 4. The Morgan fingerprint density at radius 3 is 2.33 bits per heavy atom. The van der Waals surface area contributed by atoms with Gasteiger partial charge in [0.15, 0.2) is 0 Å². The van der Waals surface area contributed by atoms with Crippen LogP contribution >= 0.6 is 0 Å². The van der Waals surface area contributed by atoms with Crippen LogP contribution in [0.1, 0.15) is 12.0 Å². The topological polar surface area (TPSA) is 90.9 Å². The molecule has 0 saturated carbocycles. The zero-order valence-corrected chi connectivity index (χ0v) is 16.8. The van der Waals surface area contributed by atoms with Gasteiger partial charge in [0.2, 0.25) is 10.0 Å². The monoisotopic (exact) mass is 414 g/mol. The average Bonchev–Trinajstić information content (AvgIpc) is 3.41. The number of imidazole rings is 1. The van der Waals surface area contributed by atoms with Crippen LogP contribution in [0.5, 0.6) is 0 Å². The highest BCUT2D eigenvalue weighted by molar-refractivity contribution is 7.89. The molecule has 0 atom stereocenters. The number of allylic oxidation sites excluding steroid dienone is 4. The lowest BCUT2D eigenvalue weighted by atomic mass is 10.0. The zero-order valence-electron chi connectivity index (χ0n) is 15.9. The van der Waals surface area contributed by atoms with Gasteiger partial charge in [0, 0.05) is 17.4 Å². The van der Waals surface area contributed by atoms with E-state index in [-0.39, 0.29) is 4.90 Å². The summed E-state index contributed by atoms with van der Waals surface area (Å²) in [4.78, 5) is 9.10. The largest absolute Gasteiger partial charge is 0.291 e. The lowest BCUT2D eigenvalue weighted by molar-refractivity contribution is 0.598. The number of primary sulfonamides is 1. The van der Waals surface area contributed by atoms with Crippen molar-refractivity contribution in [2.45, 2.75) is 11.3 Å². The Balaban J connectivity index is 1.64. The number of pyridine rings is 1. The van der Waals surface area contributed by atoms with Crippen molar-refractivity contribution in [2.24, 2.45) is 5.14 Å². The summed E-state index contributed by atoms with van der Waals surface area (Å²) in [6.45, 7) is 0. The van der Waals surface area contributed by atoms with Crippen LogP contribution in [0, 0.1) is 0 Å². The van der Waals surface area contributed by atoms with Gasteiger partial charge < -0.3 is 0 Å². The van der Waals surface area contributed by atoms with Gasteiger partial charge in [-0.25, -0.2) is 18.5 Å². The summed E-state index contributed by atoms with van der Waals surface area (Å²) in [5.74, 6) is 0.702. The molecule has 2 N–H and O–H groups in total. The van der Waals surface area contributed by atoms with Gasteiger partial charge in [-0.1, -0.05) is 30.4 Å². The van der Waals surface area contributed by atoms with Crippen molar-refractivity contribution in [1.82, 2.24) is 14.5 Å². The summed E-state index contributed by atoms with van der Waals surface area (Å²) in [6.07, 6.45) is 10.8. The molecule has 2 aromatic heterocycles. The highest BCUT2D eigenvalue weighted by Gasteiger charge is 2.16. The van der Waals surface area contributed by atoms with Crippen LogP contribution in [-0.4, -0.2) is 23.0 Å². The molecule has 4 aromatic rings. The quantitative estimate of drug-likeness (QED) is 0.545. The van der Waals surface area contributed by atoms with Crippen LogP contribution in [0.25, 0.3) is 33.7 Å². The SMILES string of the molecule is NS(=O)(=O)c1ccc(-c2nc3ccncc3n2-c2ccc(C3=CC=CC3)cc2)cc1. The van der Waals surface area contributed by atoms with Gasteiger partial charge in [0.25, 0.3) is 0 Å². The summed E-state index contributed by atoms with van der Waals surface area (Å²) >= 11 is 0. The highest BCUT2D eigenvalue weighted by Crippen LogP contribution is 2.30. The van der Waals surface area contributed by atoms with Crippen LogP contribution in [0.15, 0.2) is 90.1 Å². The number of hydrogen-bond donors (Lipinski definition) is 1. The van der Waals surface area contributed by atoms with Gasteiger partial charge in [-0.2, -0.15) is 0 Å². The Morgan fingerprint density at radius 1 is 0.933 bits per heavy atom. The van der Waals surface area contributed by atoms with Crippen molar-refractivity contribution in [2.75, 3.05) is 0 Å². The van der Waals surface area contributed by atoms with Crippen LogP contribution in [-0.2, 0) is 10.0 Å². The second-order valence-corrected chi connectivity index (χ2v) is 8.64. The molecule has 0 bridgehead atoms. The Hall–Kier alpha value is -3.55. The number of aromatic nitrogens is 3. The van der Waals surface area contributed by atoms with Gasteiger partial charge in [-0.15, -0.1) is 0 Å². The fourth-order valence-corrected chi connectivity index (χ4v) is 4.17. The van der Waals surface area contributed by atoms with E-state index in [1.807, 2.05) is 10.6 Å². The molecule has 0 unspecified atom stereocenters. The molecule has 0 aliphatic heterocycles. The van der Waals surface area contributed by atoms with Gasteiger partial charge >= 0.3 is 0 Å². The number of benzene rings is 2. The van der Waals surface area contributed by atoms with Crippen molar-refractivity contribution < 1.29 is 8.42 Å². The maximum absolute atomic E-state index is 11.6. The van der Waals surface area contributed by atoms with E-state index in [1.165, 1.54) is 23.3 Å². The number of fused-ring (bicyclic) bond motifs is 1. The van der Waals surface area contributed by atoms with Crippen LogP contribution < -0.4 is 5.14 Å². The first kappa shape index (κ1) is 18.5. The average molecular weight is 414 g/mol. The van der Waals surface area contributed by atoms with E-state index >= 15 is 0 Å². The molecule has 1 aliphatic carbocycles. The van der Waals surface area contributed by atoms with Gasteiger partial charge in [0.1, 0.15) is 5.82 Å². The second-order valence-electron chi connectivity index (χ2n) is 7.08. The van der Waals surface area contributed by atoms with Crippen LogP contribution in [0.2, 0.25) is 0 Å². The summed E-state index contributed by atoms with van der Waals surface area (Å²) in [5.41, 5.74) is 5.89. The fraction of sp³-hybridized carbons (Fsp3) is 0.0435. The fourth-order valence-electron chi connectivity index (χ4n) is 3.66. The minimum Gasteiger partial charge on any atom is -0.291 e. The summed E-state index contributed by atoms with van der Waals surface area (Å²) in [6, 6.07) is 16.6. The Bertz CT molecular complexity index is 1410. The second kappa shape index (κ2) is 7.05. The van der Waals surface area contributed by atoms with Crippen LogP contribution in [0.3, 0.4) is 0 Å². The van der Waals surface area contributed by atoms with E-state index in [1.54, 1.807) is 24.5 Å². The highest BCUT2D eigenvalue weighted by atomic mass is 32.2. The van der Waals surface area contributed by atoms with E-state index < -0.39 is 10.0 Å². The standard InChI is InChI=1S/C23H18N4O2S/c24-30(28,29)20-11-7-18(8-12-20)23-26-21-13-14-25-15-22(21)27(23)19-9-5-17(6-10-19)16-3-1-2-4-16/h1-3,5-15H,4H2,(H2,24,28,29). The van der Waals surface area contributed by atoms with Gasteiger partial charge in [-0.05, 0) is 60.0 Å². The molecule has 0 saturated heterocycles. The first-order chi connectivity index (χ1) is 14.5. The van der Waals surface area contributed by atoms with Crippen LogP contribution in [0.4, 0.5) is 0 Å².